The first-order chi connectivity index (χ1) is 9.86. The van der Waals surface area contributed by atoms with Gasteiger partial charge >= 0.3 is 0 Å². The van der Waals surface area contributed by atoms with Crippen molar-refractivity contribution in [2.45, 2.75) is 13.8 Å². The normalized spacial score (nSPS) is 10.7. The fourth-order valence-corrected chi connectivity index (χ4v) is 2.83. The van der Waals surface area contributed by atoms with Gasteiger partial charge in [0, 0.05) is 23.0 Å². The van der Waals surface area contributed by atoms with Crippen molar-refractivity contribution in [3.8, 4) is 5.69 Å². The van der Waals surface area contributed by atoms with Crippen molar-refractivity contribution in [1.29, 1.82) is 0 Å². The Morgan fingerprint density at radius 3 is 2.62 bits per heavy atom. The molecule has 0 fully saturated rings. The Kier molecular flexibility index (Phi) is 4.49. The van der Waals surface area contributed by atoms with Crippen LogP contribution in [0.25, 0.3) is 5.69 Å². The van der Waals surface area contributed by atoms with Gasteiger partial charge in [-0.3, -0.25) is 14.9 Å². The lowest BCUT2D eigenvalue weighted by Gasteiger charge is -2.10. The van der Waals surface area contributed by atoms with Crippen LogP contribution in [-0.2, 0) is 0 Å². The second kappa shape index (κ2) is 5.99. The molecule has 0 spiro atoms. The number of nitro groups is 1. The van der Waals surface area contributed by atoms with E-state index in [2.05, 4.69) is 15.9 Å². The molecule has 2 aromatic rings. The minimum atomic E-state index is -0.452. The SMILES string of the molecule is Cc1cc(C(=O)CCl)c(C)n1-c1ccc(Br)c([N+](=O)[O-])c1. The molecule has 0 amide bonds. The van der Waals surface area contributed by atoms with E-state index in [1.165, 1.54) is 6.07 Å². The molecule has 2 rings (SSSR count). The van der Waals surface area contributed by atoms with Crippen LogP contribution in [0.1, 0.15) is 21.7 Å². The van der Waals surface area contributed by atoms with E-state index in [1.807, 2.05) is 6.92 Å². The van der Waals surface area contributed by atoms with Gasteiger partial charge in [0.1, 0.15) is 0 Å². The third-order valence-corrected chi connectivity index (χ3v) is 4.15. The van der Waals surface area contributed by atoms with Crippen LogP contribution < -0.4 is 0 Å². The first kappa shape index (κ1) is 15.7. The van der Waals surface area contributed by atoms with Gasteiger partial charge < -0.3 is 4.57 Å². The van der Waals surface area contributed by atoms with E-state index in [1.54, 1.807) is 29.7 Å². The zero-order valence-electron chi connectivity index (χ0n) is 11.4. The van der Waals surface area contributed by atoms with Crippen LogP contribution in [0.4, 0.5) is 5.69 Å². The van der Waals surface area contributed by atoms with Crippen molar-refractivity contribution in [3.05, 3.63) is 55.8 Å². The Balaban J connectivity index is 2.63. The third kappa shape index (κ3) is 2.87. The molecule has 1 aromatic carbocycles. The highest BCUT2D eigenvalue weighted by Crippen LogP contribution is 2.29. The summed E-state index contributed by atoms with van der Waals surface area (Å²) < 4.78 is 2.22. The van der Waals surface area contributed by atoms with Crippen LogP contribution in [0.2, 0.25) is 0 Å². The van der Waals surface area contributed by atoms with Crippen LogP contribution in [0.15, 0.2) is 28.7 Å². The number of rotatable bonds is 4. The van der Waals surface area contributed by atoms with Gasteiger partial charge in [-0.05, 0) is 48.0 Å². The number of hydrogen-bond acceptors (Lipinski definition) is 3. The maximum atomic E-state index is 11.8. The Morgan fingerprint density at radius 1 is 1.38 bits per heavy atom. The highest BCUT2D eigenvalue weighted by molar-refractivity contribution is 9.10. The number of aromatic nitrogens is 1. The number of benzene rings is 1. The summed E-state index contributed by atoms with van der Waals surface area (Å²) in [6, 6.07) is 6.59. The molecule has 21 heavy (non-hydrogen) atoms. The Morgan fingerprint density at radius 2 is 2.05 bits per heavy atom. The van der Waals surface area contributed by atoms with Crippen molar-refractivity contribution < 1.29 is 9.72 Å². The number of carbonyl (C=O) groups excluding carboxylic acids is 1. The average Bonchev–Trinajstić information content (AvgIpc) is 2.74. The molecule has 0 unspecified atom stereocenters. The van der Waals surface area contributed by atoms with Crippen molar-refractivity contribution in [2.75, 3.05) is 5.88 Å². The molecular formula is C14H12BrClN2O3. The minimum Gasteiger partial charge on any atom is -0.318 e. The molecule has 0 atom stereocenters. The summed E-state index contributed by atoms with van der Waals surface area (Å²) in [5.74, 6) is -0.257. The van der Waals surface area contributed by atoms with Crippen molar-refractivity contribution in [3.63, 3.8) is 0 Å². The lowest BCUT2D eigenvalue weighted by molar-refractivity contribution is -0.385. The number of halogens is 2. The van der Waals surface area contributed by atoms with E-state index < -0.39 is 4.92 Å². The molecule has 0 aliphatic heterocycles. The smallest absolute Gasteiger partial charge is 0.285 e. The van der Waals surface area contributed by atoms with E-state index in [-0.39, 0.29) is 17.4 Å². The monoisotopic (exact) mass is 370 g/mol. The molecule has 0 N–H and O–H groups in total. The van der Waals surface area contributed by atoms with Gasteiger partial charge in [0.15, 0.2) is 5.78 Å². The number of ketones is 1. The molecule has 0 aliphatic rings. The van der Waals surface area contributed by atoms with Crippen LogP contribution in [0.3, 0.4) is 0 Å². The summed E-state index contributed by atoms with van der Waals surface area (Å²) in [7, 11) is 0. The van der Waals surface area contributed by atoms with Crippen LogP contribution in [0, 0.1) is 24.0 Å². The largest absolute Gasteiger partial charge is 0.318 e. The van der Waals surface area contributed by atoms with Gasteiger partial charge in [-0.25, -0.2) is 0 Å². The highest BCUT2D eigenvalue weighted by Gasteiger charge is 2.18. The third-order valence-electron chi connectivity index (χ3n) is 3.24. The molecular weight excluding hydrogens is 360 g/mol. The van der Waals surface area contributed by atoms with E-state index in [9.17, 15) is 14.9 Å². The number of Topliss-reactive ketones (excluding diaryl/α,β-unsaturated/α-hetero) is 1. The fourth-order valence-electron chi connectivity index (χ4n) is 2.29. The van der Waals surface area contributed by atoms with Crippen molar-refractivity contribution >= 4 is 39.0 Å². The summed E-state index contributed by atoms with van der Waals surface area (Å²) in [5, 5.41) is 11.0. The first-order valence-corrected chi connectivity index (χ1v) is 7.42. The Labute approximate surface area is 134 Å². The van der Waals surface area contributed by atoms with Gasteiger partial charge in [-0.2, -0.15) is 0 Å². The molecule has 110 valence electrons. The van der Waals surface area contributed by atoms with E-state index in [4.69, 9.17) is 11.6 Å². The predicted molar refractivity (Wildman–Crippen MR) is 84.6 cm³/mol. The van der Waals surface area contributed by atoms with Crippen LogP contribution in [-0.4, -0.2) is 21.2 Å². The van der Waals surface area contributed by atoms with Gasteiger partial charge in [-0.1, -0.05) is 0 Å². The number of aryl methyl sites for hydroxylation is 1. The van der Waals surface area contributed by atoms with Gasteiger partial charge in [0.05, 0.1) is 21.0 Å². The minimum absolute atomic E-state index is 0.0229. The van der Waals surface area contributed by atoms with Gasteiger partial charge in [-0.15, -0.1) is 11.6 Å². The fraction of sp³-hybridized carbons (Fsp3) is 0.214. The molecule has 0 radical (unpaired) electrons. The lowest BCUT2D eigenvalue weighted by Crippen LogP contribution is -2.04. The van der Waals surface area contributed by atoms with E-state index >= 15 is 0 Å². The molecule has 5 nitrogen and oxygen atoms in total. The lowest BCUT2D eigenvalue weighted by atomic mass is 10.2. The molecule has 0 saturated carbocycles. The predicted octanol–water partition coefficient (Wildman–Crippen LogP) is 4.19. The molecule has 1 heterocycles. The number of alkyl halides is 1. The average molecular weight is 372 g/mol. The summed E-state index contributed by atoms with van der Waals surface area (Å²) in [5.41, 5.74) is 2.68. The second-order valence-corrected chi connectivity index (χ2v) is 5.69. The van der Waals surface area contributed by atoms with Crippen molar-refractivity contribution in [1.82, 2.24) is 4.57 Å². The standard InChI is InChI=1S/C14H12BrClN2O3/c1-8-5-11(14(19)7-16)9(2)17(8)10-3-4-12(15)13(6-10)18(20)21/h3-6H,7H2,1-2H3. The van der Waals surface area contributed by atoms with Gasteiger partial charge in [0.2, 0.25) is 0 Å². The number of carbonyl (C=O) groups is 1. The maximum Gasteiger partial charge on any atom is 0.285 e. The molecule has 0 saturated heterocycles. The van der Waals surface area contributed by atoms with Gasteiger partial charge in [0.25, 0.3) is 5.69 Å². The summed E-state index contributed by atoms with van der Waals surface area (Å²) in [4.78, 5) is 22.4. The van der Waals surface area contributed by atoms with Crippen LogP contribution >= 0.6 is 27.5 Å². The Bertz CT molecular complexity index is 740. The maximum absolute atomic E-state index is 11.8. The first-order valence-electron chi connectivity index (χ1n) is 6.09. The second-order valence-electron chi connectivity index (χ2n) is 4.57. The topological polar surface area (TPSA) is 65.1 Å². The molecule has 7 heteroatoms. The molecule has 0 aliphatic carbocycles. The van der Waals surface area contributed by atoms with Crippen molar-refractivity contribution in [2.24, 2.45) is 0 Å². The summed E-state index contributed by atoms with van der Waals surface area (Å²) in [6.07, 6.45) is 0. The Hall–Kier alpha value is -1.66. The zero-order chi connectivity index (χ0) is 15.7. The van der Waals surface area contributed by atoms with Crippen LogP contribution in [0.5, 0.6) is 0 Å². The molecule has 0 bridgehead atoms. The van der Waals surface area contributed by atoms with E-state index in [0.29, 0.717) is 15.7 Å². The van der Waals surface area contributed by atoms with E-state index in [0.717, 1.165) is 11.4 Å². The molecule has 1 aromatic heterocycles. The number of nitro benzene ring substituents is 1. The number of hydrogen-bond donors (Lipinski definition) is 0. The highest BCUT2D eigenvalue weighted by atomic mass is 79.9. The summed E-state index contributed by atoms with van der Waals surface area (Å²) in [6.45, 7) is 3.63. The summed E-state index contributed by atoms with van der Waals surface area (Å²) >= 11 is 8.76. The quantitative estimate of drug-likeness (QED) is 0.350. The number of nitrogens with zero attached hydrogens (tertiary/aromatic N) is 2. The zero-order valence-corrected chi connectivity index (χ0v) is 13.7.